The van der Waals surface area contributed by atoms with Crippen LogP contribution < -0.4 is 0 Å². The van der Waals surface area contributed by atoms with Crippen molar-refractivity contribution in [2.75, 3.05) is 0 Å². The van der Waals surface area contributed by atoms with E-state index in [1.807, 2.05) is 31.2 Å². The summed E-state index contributed by atoms with van der Waals surface area (Å²) in [6, 6.07) is 27.1. The summed E-state index contributed by atoms with van der Waals surface area (Å²) in [5, 5.41) is 7.29. The first-order valence-corrected chi connectivity index (χ1v) is 11.0. The molecule has 5 rings (SSSR count). The summed E-state index contributed by atoms with van der Waals surface area (Å²) < 4.78 is 5.94. The Hall–Kier alpha value is -3.39. The third-order valence-corrected chi connectivity index (χ3v) is 6.59. The minimum Gasteiger partial charge on any atom is -0.454 e. The first-order valence-electron chi connectivity index (χ1n) is 11.0. The summed E-state index contributed by atoms with van der Waals surface area (Å²) >= 11 is 0. The second-order valence-electron chi connectivity index (χ2n) is 8.49. The largest absolute Gasteiger partial charge is 0.454 e. The monoisotopic (exact) mass is 406 g/mol. The maximum Gasteiger partial charge on any atom is 0.338 e. The average molecular weight is 407 g/mol. The van der Waals surface area contributed by atoms with Crippen LogP contribution in [0.15, 0.2) is 78.9 Å². The van der Waals surface area contributed by atoms with Gasteiger partial charge in [0.1, 0.15) is 6.10 Å². The maximum atomic E-state index is 12.9. The Morgan fingerprint density at radius 1 is 0.806 bits per heavy atom. The van der Waals surface area contributed by atoms with Crippen molar-refractivity contribution in [3.05, 3.63) is 95.6 Å². The first kappa shape index (κ1) is 19.6. The lowest BCUT2D eigenvalue weighted by Crippen LogP contribution is -2.10. The molecule has 154 valence electrons. The van der Waals surface area contributed by atoms with Crippen LogP contribution in [0.3, 0.4) is 0 Å². The topological polar surface area (TPSA) is 26.3 Å². The lowest BCUT2D eigenvalue weighted by Gasteiger charge is -2.19. The van der Waals surface area contributed by atoms with Crippen LogP contribution in [-0.2, 0) is 4.74 Å². The molecule has 5 aromatic carbocycles. The molecule has 5 aromatic rings. The summed E-state index contributed by atoms with van der Waals surface area (Å²) in [4.78, 5) is 12.9. The standard InChI is InChI=1S/C29H26O2/c1-4-18(2)20-11-15-23(16-12-20)29(30)31-19(3)26-17-24-9-5-7-21-13-14-22-8-6-10-25(26)28(22)27(21)24/h5-19H,4H2,1-3H3. The Morgan fingerprint density at radius 2 is 1.45 bits per heavy atom. The van der Waals surface area contributed by atoms with E-state index in [0.29, 0.717) is 11.5 Å². The Kier molecular flexibility index (Phi) is 4.86. The number of benzene rings is 5. The molecular formula is C29H26O2. The van der Waals surface area contributed by atoms with Gasteiger partial charge in [0.2, 0.25) is 0 Å². The van der Waals surface area contributed by atoms with Gasteiger partial charge in [0.15, 0.2) is 0 Å². The van der Waals surface area contributed by atoms with Gasteiger partial charge in [-0.25, -0.2) is 4.79 Å². The van der Waals surface area contributed by atoms with E-state index in [0.717, 1.165) is 17.4 Å². The van der Waals surface area contributed by atoms with Crippen LogP contribution in [0, 0.1) is 0 Å². The number of carbonyl (C=O) groups is 1. The highest BCUT2D eigenvalue weighted by Gasteiger charge is 2.19. The average Bonchev–Trinajstić information content (AvgIpc) is 2.81. The number of hydrogen-bond acceptors (Lipinski definition) is 2. The molecule has 0 aliphatic carbocycles. The summed E-state index contributed by atoms with van der Waals surface area (Å²) in [6.07, 6.45) is 0.727. The Bertz CT molecular complexity index is 1380. The molecule has 2 atom stereocenters. The molecule has 0 radical (unpaired) electrons. The number of hydrogen-bond donors (Lipinski definition) is 0. The molecule has 0 spiro atoms. The molecule has 0 saturated carbocycles. The number of esters is 1. The molecule has 0 fully saturated rings. The van der Waals surface area contributed by atoms with E-state index < -0.39 is 0 Å². The predicted molar refractivity (Wildman–Crippen MR) is 129 cm³/mol. The predicted octanol–water partition coefficient (Wildman–Crippen LogP) is 8.02. The van der Waals surface area contributed by atoms with Crippen LogP contribution in [0.25, 0.3) is 32.3 Å². The van der Waals surface area contributed by atoms with Gasteiger partial charge in [0.05, 0.1) is 5.56 Å². The molecule has 0 bridgehead atoms. The van der Waals surface area contributed by atoms with Gasteiger partial charge in [0, 0.05) is 5.56 Å². The SMILES string of the molecule is CCC(C)c1ccc(C(=O)OC(C)c2cc3cccc4ccc5cccc2c5c43)cc1. The molecule has 0 N–H and O–H groups in total. The van der Waals surface area contributed by atoms with Crippen LogP contribution >= 0.6 is 0 Å². The molecule has 0 heterocycles. The van der Waals surface area contributed by atoms with E-state index in [2.05, 4.69) is 68.4 Å². The Balaban J connectivity index is 1.52. The Morgan fingerprint density at radius 3 is 2.16 bits per heavy atom. The van der Waals surface area contributed by atoms with Crippen molar-refractivity contribution in [3.8, 4) is 0 Å². The van der Waals surface area contributed by atoms with Crippen LogP contribution in [-0.4, -0.2) is 5.97 Å². The van der Waals surface area contributed by atoms with Crippen LogP contribution in [0.2, 0.25) is 0 Å². The van der Waals surface area contributed by atoms with E-state index in [9.17, 15) is 4.79 Å². The van der Waals surface area contributed by atoms with Gasteiger partial charge >= 0.3 is 5.97 Å². The molecule has 0 aliphatic rings. The lowest BCUT2D eigenvalue weighted by atomic mass is 9.90. The highest BCUT2D eigenvalue weighted by Crippen LogP contribution is 2.39. The zero-order chi connectivity index (χ0) is 21.5. The molecule has 2 unspecified atom stereocenters. The Labute approximate surface area is 182 Å². The highest BCUT2D eigenvalue weighted by atomic mass is 16.5. The van der Waals surface area contributed by atoms with E-state index in [4.69, 9.17) is 4.74 Å². The van der Waals surface area contributed by atoms with Gasteiger partial charge in [-0.15, -0.1) is 0 Å². The molecule has 31 heavy (non-hydrogen) atoms. The molecule has 0 aliphatic heterocycles. The van der Waals surface area contributed by atoms with E-state index in [-0.39, 0.29) is 12.1 Å². The van der Waals surface area contributed by atoms with Crippen molar-refractivity contribution in [1.29, 1.82) is 0 Å². The highest BCUT2D eigenvalue weighted by molar-refractivity contribution is 6.23. The van der Waals surface area contributed by atoms with Crippen molar-refractivity contribution in [1.82, 2.24) is 0 Å². The van der Waals surface area contributed by atoms with Crippen molar-refractivity contribution in [3.63, 3.8) is 0 Å². The molecular weight excluding hydrogens is 380 g/mol. The van der Waals surface area contributed by atoms with Crippen LogP contribution in [0.5, 0.6) is 0 Å². The smallest absolute Gasteiger partial charge is 0.338 e. The van der Waals surface area contributed by atoms with E-state index in [1.54, 1.807) is 0 Å². The fourth-order valence-corrected chi connectivity index (χ4v) is 4.60. The van der Waals surface area contributed by atoms with Crippen LogP contribution in [0.1, 0.15) is 60.7 Å². The number of rotatable bonds is 5. The number of ether oxygens (including phenoxy) is 1. The van der Waals surface area contributed by atoms with Crippen molar-refractivity contribution < 1.29 is 9.53 Å². The number of carbonyl (C=O) groups excluding carboxylic acids is 1. The summed E-state index contributed by atoms with van der Waals surface area (Å²) in [7, 11) is 0. The third kappa shape index (κ3) is 3.33. The van der Waals surface area contributed by atoms with Crippen molar-refractivity contribution in [2.24, 2.45) is 0 Å². The molecule has 2 heteroatoms. The second kappa shape index (κ2) is 7.70. The van der Waals surface area contributed by atoms with Gasteiger partial charge < -0.3 is 4.74 Å². The minimum atomic E-state index is -0.351. The third-order valence-electron chi connectivity index (χ3n) is 6.59. The zero-order valence-electron chi connectivity index (χ0n) is 18.2. The summed E-state index contributed by atoms with van der Waals surface area (Å²) in [5.41, 5.74) is 2.89. The van der Waals surface area contributed by atoms with Gasteiger partial charge in [-0.3, -0.25) is 0 Å². The fourth-order valence-electron chi connectivity index (χ4n) is 4.60. The molecule has 0 saturated heterocycles. The zero-order valence-corrected chi connectivity index (χ0v) is 18.2. The normalized spacial score (nSPS) is 13.6. The van der Waals surface area contributed by atoms with Gasteiger partial charge in [-0.2, -0.15) is 0 Å². The first-order chi connectivity index (χ1) is 15.1. The summed E-state index contributed by atoms with van der Waals surface area (Å²) in [6.45, 7) is 6.33. The molecule has 0 aromatic heterocycles. The lowest BCUT2D eigenvalue weighted by molar-refractivity contribution is 0.0341. The molecule has 2 nitrogen and oxygen atoms in total. The van der Waals surface area contributed by atoms with Gasteiger partial charge in [0.25, 0.3) is 0 Å². The van der Waals surface area contributed by atoms with Crippen molar-refractivity contribution >= 4 is 38.3 Å². The minimum absolute atomic E-state index is 0.284. The maximum absolute atomic E-state index is 12.9. The second-order valence-corrected chi connectivity index (χ2v) is 8.49. The quantitative estimate of drug-likeness (QED) is 0.218. The van der Waals surface area contributed by atoms with Gasteiger partial charge in [-0.05, 0) is 75.3 Å². The fraction of sp³-hybridized carbons (Fsp3) is 0.207. The van der Waals surface area contributed by atoms with Gasteiger partial charge in [-0.1, -0.05) is 74.5 Å². The van der Waals surface area contributed by atoms with E-state index in [1.165, 1.54) is 32.5 Å². The van der Waals surface area contributed by atoms with Crippen molar-refractivity contribution in [2.45, 2.75) is 39.2 Å². The summed E-state index contributed by atoms with van der Waals surface area (Å²) in [5.74, 6) is 0.202. The van der Waals surface area contributed by atoms with Crippen LogP contribution in [0.4, 0.5) is 0 Å². The molecule has 0 amide bonds. The van der Waals surface area contributed by atoms with E-state index >= 15 is 0 Å².